The molecule has 3 heterocycles. The molecule has 0 radical (unpaired) electrons. The first-order valence-electron chi connectivity index (χ1n) is 9.75. The Morgan fingerprint density at radius 2 is 2.18 bits per heavy atom. The van der Waals surface area contributed by atoms with Crippen molar-refractivity contribution in [1.82, 2.24) is 9.88 Å². The average Bonchev–Trinajstić information content (AvgIpc) is 2.88. The molecule has 3 aromatic rings. The van der Waals surface area contributed by atoms with Gasteiger partial charge in [0.05, 0.1) is 6.54 Å². The Labute approximate surface area is 169 Å². The van der Waals surface area contributed by atoms with Gasteiger partial charge in [0.15, 0.2) is 0 Å². The van der Waals surface area contributed by atoms with Gasteiger partial charge in [-0.05, 0) is 66.5 Å². The van der Waals surface area contributed by atoms with Crippen LogP contribution < -0.4 is 5.32 Å². The van der Waals surface area contributed by atoms with E-state index in [2.05, 4.69) is 47.6 Å². The lowest BCUT2D eigenvalue weighted by Crippen LogP contribution is -2.23. The number of hydrogen-bond donors (Lipinski definition) is 1. The van der Waals surface area contributed by atoms with Crippen LogP contribution in [0.25, 0.3) is 16.2 Å². The van der Waals surface area contributed by atoms with E-state index in [4.69, 9.17) is 0 Å². The number of anilines is 1. The van der Waals surface area contributed by atoms with E-state index in [1.807, 2.05) is 19.3 Å². The van der Waals surface area contributed by atoms with Crippen LogP contribution in [0.2, 0.25) is 0 Å². The summed E-state index contributed by atoms with van der Waals surface area (Å²) >= 11 is 1.77. The standard InChI is InChI=1S/C23H25N3OS/c1-16-19-8-3-4-9-20(19)28-21(16)15-26(2)22(27)11-10-17-13-18-7-5-6-12-24-23(18)25-14-17/h3-4,8-11,13-14H,5-7,12,15H2,1-2H3,(H,24,25)/b11-10+. The van der Waals surface area contributed by atoms with Crippen LogP contribution in [-0.4, -0.2) is 29.4 Å². The minimum Gasteiger partial charge on any atom is -0.370 e. The summed E-state index contributed by atoms with van der Waals surface area (Å²) < 4.78 is 1.27. The van der Waals surface area contributed by atoms with Crippen molar-refractivity contribution >= 4 is 39.2 Å². The van der Waals surface area contributed by atoms with Gasteiger partial charge in [-0.2, -0.15) is 0 Å². The zero-order chi connectivity index (χ0) is 19.5. The van der Waals surface area contributed by atoms with Gasteiger partial charge in [0, 0.05) is 35.4 Å². The number of aromatic nitrogens is 1. The third kappa shape index (κ3) is 3.94. The number of hydrogen-bond acceptors (Lipinski definition) is 4. The van der Waals surface area contributed by atoms with E-state index in [1.165, 1.54) is 38.9 Å². The Kier molecular flexibility index (Phi) is 5.44. The van der Waals surface area contributed by atoms with Crippen LogP contribution in [0.4, 0.5) is 5.82 Å². The number of nitrogens with one attached hydrogen (secondary N) is 1. The summed E-state index contributed by atoms with van der Waals surface area (Å²) in [4.78, 5) is 20.1. The van der Waals surface area contributed by atoms with Crippen molar-refractivity contribution in [3.05, 3.63) is 64.2 Å². The highest BCUT2D eigenvalue weighted by Crippen LogP contribution is 2.31. The summed E-state index contributed by atoms with van der Waals surface area (Å²) in [5.41, 5.74) is 3.48. The van der Waals surface area contributed by atoms with Crippen LogP contribution >= 0.6 is 11.3 Å². The average molecular weight is 392 g/mol. The molecule has 4 nitrogen and oxygen atoms in total. The van der Waals surface area contributed by atoms with Crippen molar-refractivity contribution < 1.29 is 4.79 Å². The number of fused-ring (bicyclic) bond motifs is 2. The van der Waals surface area contributed by atoms with Gasteiger partial charge in [0.1, 0.15) is 5.82 Å². The Morgan fingerprint density at radius 1 is 1.32 bits per heavy atom. The number of nitrogens with zero attached hydrogens (tertiary/aromatic N) is 2. The summed E-state index contributed by atoms with van der Waals surface area (Å²) in [6, 6.07) is 10.5. The van der Waals surface area contributed by atoms with Gasteiger partial charge in [-0.3, -0.25) is 4.79 Å². The van der Waals surface area contributed by atoms with Crippen LogP contribution in [0.5, 0.6) is 0 Å². The molecule has 1 amide bonds. The highest BCUT2D eigenvalue weighted by Gasteiger charge is 2.13. The second kappa shape index (κ2) is 8.15. The van der Waals surface area contributed by atoms with E-state index >= 15 is 0 Å². The number of carbonyl (C=O) groups is 1. The first kappa shape index (κ1) is 18.7. The predicted molar refractivity (Wildman–Crippen MR) is 118 cm³/mol. The van der Waals surface area contributed by atoms with Crippen molar-refractivity contribution in [3.63, 3.8) is 0 Å². The maximum atomic E-state index is 12.6. The van der Waals surface area contributed by atoms with E-state index in [9.17, 15) is 4.79 Å². The Bertz CT molecular complexity index is 1040. The molecule has 0 aliphatic carbocycles. The third-order valence-electron chi connectivity index (χ3n) is 5.27. The fourth-order valence-electron chi connectivity index (χ4n) is 3.58. The second-order valence-electron chi connectivity index (χ2n) is 7.33. The summed E-state index contributed by atoms with van der Waals surface area (Å²) in [6.07, 6.45) is 8.73. The lowest BCUT2D eigenvalue weighted by molar-refractivity contribution is -0.125. The Morgan fingerprint density at radius 3 is 3.04 bits per heavy atom. The van der Waals surface area contributed by atoms with Crippen molar-refractivity contribution in [3.8, 4) is 0 Å². The molecule has 1 aromatic carbocycles. The molecule has 0 spiro atoms. The maximum absolute atomic E-state index is 12.6. The molecular weight excluding hydrogens is 366 g/mol. The topological polar surface area (TPSA) is 45.2 Å². The van der Waals surface area contributed by atoms with Crippen LogP contribution in [0.3, 0.4) is 0 Å². The first-order valence-corrected chi connectivity index (χ1v) is 10.6. The molecule has 1 N–H and O–H groups in total. The molecule has 0 atom stereocenters. The number of benzene rings is 1. The minimum atomic E-state index is 0.00456. The molecule has 0 saturated carbocycles. The van der Waals surface area contributed by atoms with Gasteiger partial charge < -0.3 is 10.2 Å². The molecule has 144 valence electrons. The Balaban J connectivity index is 1.45. The summed E-state index contributed by atoms with van der Waals surface area (Å²) in [7, 11) is 1.86. The molecule has 5 heteroatoms. The molecule has 1 aliphatic heterocycles. The van der Waals surface area contributed by atoms with Crippen LogP contribution in [0.1, 0.15) is 34.4 Å². The van der Waals surface area contributed by atoms with Crippen molar-refractivity contribution in [2.75, 3.05) is 18.9 Å². The number of aryl methyl sites for hydroxylation is 2. The van der Waals surface area contributed by atoms with Gasteiger partial charge in [0.25, 0.3) is 0 Å². The summed E-state index contributed by atoms with van der Waals surface area (Å²) in [5, 5.41) is 4.65. The number of amides is 1. The molecule has 4 rings (SSSR count). The van der Waals surface area contributed by atoms with Gasteiger partial charge in [-0.1, -0.05) is 18.2 Å². The minimum absolute atomic E-state index is 0.00456. The molecule has 0 saturated heterocycles. The fraction of sp³-hybridized carbons (Fsp3) is 0.304. The van der Waals surface area contributed by atoms with E-state index in [1.54, 1.807) is 22.3 Å². The summed E-state index contributed by atoms with van der Waals surface area (Å²) in [5.74, 6) is 0.989. The SMILES string of the molecule is Cc1c(CN(C)C(=O)/C=C/c2cnc3c(c2)CCCCN3)sc2ccccc12. The lowest BCUT2D eigenvalue weighted by Gasteiger charge is -2.14. The van der Waals surface area contributed by atoms with E-state index in [0.717, 1.165) is 24.3 Å². The zero-order valence-electron chi connectivity index (χ0n) is 16.4. The number of thiophene rings is 1. The molecule has 0 fully saturated rings. The molecule has 2 aromatic heterocycles. The van der Waals surface area contributed by atoms with Crippen LogP contribution in [0.15, 0.2) is 42.6 Å². The van der Waals surface area contributed by atoms with E-state index in [-0.39, 0.29) is 5.91 Å². The van der Waals surface area contributed by atoms with Gasteiger partial charge in [-0.25, -0.2) is 4.98 Å². The first-order chi connectivity index (χ1) is 13.6. The smallest absolute Gasteiger partial charge is 0.246 e. The monoisotopic (exact) mass is 391 g/mol. The number of carbonyl (C=O) groups excluding carboxylic acids is 1. The molecule has 0 unspecified atom stereocenters. The summed E-state index contributed by atoms with van der Waals surface area (Å²) in [6.45, 7) is 3.74. The molecule has 1 aliphatic rings. The molecule has 28 heavy (non-hydrogen) atoms. The van der Waals surface area contributed by atoms with Crippen LogP contribution in [0, 0.1) is 6.92 Å². The second-order valence-corrected chi connectivity index (χ2v) is 8.47. The van der Waals surface area contributed by atoms with Crippen molar-refractivity contribution in [1.29, 1.82) is 0 Å². The van der Waals surface area contributed by atoms with Gasteiger partial charge in [0.2, 0.25) is 5.91 Å². The number of pyridine rings is 1. The maximum Gasteiger partial charge on any atom is 0.246 e. The number of likely N-dealkylation sites (N-methyl/N-ethyl adjacent to an activating group) is 1. The zero-order valence-corrected chi connectivity index (χ0v) is 17.2. The van der Waals surface area contributed by atoms with Gasteiger partial charge in [-0.15, -0.1) is 11.3 Å². The van der Waals surface area contributed by atoms with Crippen LogP contribution in [-0.2, 0) is 17.8 Å². The predicted octanol–water partition coefficient (Wildman–Crippen LogP) is 5.02. The normalized spacial score (nSPS) is 13.9. The Hall–Kier alpha value is -2.66. The van der Waals surface area contributed by atoms with Crippen molar-refractivity contribution in [2.45, 2.75) is 32.7 Å². The quantitative estimate of drug-likeness (QED) is 0.635. The fourth-order valence-corrected chi connectivity index (χ4v) is 4.85. The molecule has 0 bridgehead atoms. The van der Waals surface area contributed by atoms with E-state index in [0.29, 0.717) is 6.54 Å². The molecular formula is C23H25N3OS. The van der Waals surface area contributed by atoms with E-state index < -0.39 is 0 Å². The van der Waals surface area contributed by atoms with Gasteiger partial charge >= 0.3 is 0 Å². The lowest BCUT2D eigenvalue weighted by atomic mass is 10.1. The third-order valence-corrected chi connectivity index (χ3v) is 6.53. The number of rotatable bonds is 4. The largest absolute Gasteiger partial charge is 0.370 e. The highest BCUT2D eigenvalue weighted by molar-refractivity contribution is 7.19. The van der Waals surface area contributed by atoms with Crippen molar-refractivity contribution in [2.24, 2.45) is 0 Å². The highest BCUT2D eigenvalue weighted by atomic mass is 32.1.